The molecular weight excluding hydrogens is 385 g/mol. The first-order chi connectivity index (χ1) is 13.1. The molecule has 134 valence electrons. The Morgan fingerprint density at radius 2 is 1.89 bits per heavy atom. The Balaban J connectivity index is 1.48. The quantitative estimate of drug-likeness (QED) is 0.346. The highest BCUT2D eigenvalue weighted by atomic mass is 35.5. The topological polar surface area (TPSA) is 85.9 Å². The van der Waals surface area contributed by atoms with Crippen molar-refractivity contribution >= 4 is 46.2 Å². The van der Waals surface area contributed by atoms with Crippen LogP contribution in [0.3, 0.4) is 0 Å². The van der Waals surface area contributed by atoms with Crippen molar-refractivity contribution in [3.8, 4) is 11.3 Å². The largest absolute Gasteiger partial charge is 0.361 e. The molecule has 0 atom stereocenters. The molecular formula is C19H13Cl2N5O. The van der Waals surface area contributed by atoms with Gasteiger partial charge in [-0.3, -0.25) is 9.89 Å². The zero-order valence-corrected chi connectivity index (χ0v) is 15.3. The summed E-state index contributed by atoms with van der Waals surface area (Å²) in [7, 11) is 0. The Hall–Kier alpha value is -3.09. The second-order valence-corrected chi connectivity index (χ2v) is 6.69. The lowest BCUT2D eigenvalue weighted by Crippen LogP contribution is -2.17. The average Bonchev–Trinajstić information content (AvgIpc) is 3.28. The number of hydrazone groups is 1. The van der Waals surface area contributed by atoms with Crippen LogP contribution in [0, 0.1) is 0 Å². The van der Waals surface area contributed by atoms with E-state index in [9.17, 15) is 4.79 Å². The molecule has 0 bridgehead atoms. The number of hydrogen-bond acceptors (Lipinski definition) is 3. The third kappa shape index (κ3) is 3.72. The summed E-state index contributed by atoms with van der Waals surface area (Å²) in [5, 5.41) is 12.8. The van der Waals surface area contributed by atoms with E-state index in [1.54, 1.807) is 30.5 Å². The minimum atomic E-state index is -0.405. The number of aromatic nitrogens is 3. The van der Waals surface area contributed by atoms with E-state index in [4.69, 9.17) is 23.2 Å². The summed E-state index contributed by atoms with van der Waals surface area (Å²) in [5.74, 6) is -0.405. The lowest BCUT2D eigenvalue weighted by molar-refractivity contribution is 0.0950. The number of benzene rings is 2. The summed E-state index contributed by atoms with van der Waals surface area (Å²) in [6.45, 7) is 0. The molecule has 0 saturated heterocycles. The Kier molecular flexibility index (Phi) is 4.66. The molecule has 4 rings (SSSR count). The third-order valence-corrected chi connectivity index (χ3v) is 4.41. The normalized spacial score (nSPS) is 11.3. The number of carbonyl (C=O) groups is 1. The zero-order chi connectivity index (χ0) is 18.8. The first-order valence-electron chi connectivity index (χ1n) is 8.01. The SMILES string of the molecule is O=C(NN=Cc1c[nH]c2ccccc12)c1cc(-c2cc(Cl)cc(Cl)c2)n[nH]1. The molecule has 0 aliphatic rings. The van der Waals surface area contributed by atoms with Crippen LogP contribution in [-0.2, 0) is 0 Å². The number of H-pyrrole nitrogens is 2. The van der Waals surface area contributed by atoms with E-state index in [0.29, 0.717) is 21.3 Å². The number of hydrogen-bond donors (Lipinski definition) is 3. The van der Waals surface area contributed by atoms with Crippen LogP contribution in [-0.4, -0.2) is 27.3 Å². The maximum Gasteiger partial charge on any atom is 0.289 e. The van der Waals surface area contributed by atoms with Gasteiger partial charge in [0.2, 0.25) is 0 Å². The van der Waals surface area contributed by atoms with Crippen molar-refractivity contribution in [2.75, 3.05) is 0 Å². The molecule has 0 aliphatic carbocycles. The van der Waals surface area contributed by atoms with Gasteiger partial charge in [-0.25, -0.2) is 5.43 Å². The zero-order valence-electron chi connectivity index (χ0n) is 13.8. The van der Waals surface area contributed by atoms with Crippen LogP contribution in [0.25, 0.3) is 22.2 Å². The maximum atomic E-state index is 12.3. The second-order valence-electron chi connectivity index (χ2n) is 5.81. The van der Waals surface area contributed by atoms with Gasteiger partial charge < -0.3 is 4.98 Å². The van der Waals surface area contributed by atoms with Crippen LogP contribution in [0.1, 0.15) is 16.1 Å². The van der Waals surface area contributed by atoms with Crippen molar-refractivity contribution in [1.82, 2.24) is 20.6 Å². The summed E-state index contributed by atoms with van der Waals surface area (Å²) in [6.07, 6.45) is 3.42. The van der Waals surface area contributed by atoms with Crippen LogP contribution in [0.2, 0.25) is 10.0 Å². The van der Waals surface area contributed by atoms with Crippen molar-refractivity contribution in [2.45, 2.75) is 0 Å². The van der Waals surface area contributed by atoms with E-state index in [1.807, 2.05) is 30.5 Å². The molecule has 2 aromatic heterocycles. The van der Waals surface area contributed by atoms with Gasteiger partial charge >= 0.3 is 0 Å². The Labute approximate surface area is 164 Å². The second kappa shape index (κ2) is 7.26. The summed E-state index contributed by atoms with van der Waals surface area (Å²) in [6, 6.07) is 14.5. The average molecular weight is 398 g/mol. The number of carbonyl (C=O) groups excluding carboxylic acids is 1. The fourth-order valence-corrected chi connectivity index (χ4v) is 3.24. The predicted molar refractivity (Wildman–Crippen MR) is 107 cm³/mol. The van der Waals surface area contributed by atoms with Gasteiger partial charge in [0.25, 0.3) is 5.91 Å². The molecule has 0 aliphatic heterocycles. The fourth-order valence-electron chi connectivity index (χ4n) is 2.71. The highest BCUT2D eigenvalue weighted by Gasteiger charge is 2.11. The van der Waals surface area contributed by atoms with Gasteiger partial charge in [-0.2, -0.15) is 10.2 Å². The molecule has 4 aromatic rings. The Morgan fingerprint density at radius 3 is 2.70 bits per heavy atom. The molecule has 2 aromatic carbocycles. The van der Waals surface area contributed by atoms with Gasteiger partial charge in [-0.15, -0.1) is 0 Å². The number of halogens is 2. The first-order valence-corrected chi connectivity index (χ1v) is 8.77. The number of fused-ring (bicyclic) bond motifs is 1. The van der Waals surface area contributed by atoms with E-state index in [1.165, 1.54) is 0 Å². The Morgan fingerprint density at radius 1 is 1.11 bits per heavy atom. The molecule has 2 heterocycles. The Bertz CT molecular complexity index is 1140. The van der Waals surface area contributed by atoms with Crippen LogP contribution < -0.4 is 5.43 Å². The van der Waals surface area contributed by atoms with Crippen molar-refractivity contribution in [1.29, 1.82) is 0 Å². The monoisotopic (exact) mass is 397 g/mol. The molecule has 6 nitrogen and oxygen atoms in total. The number of nitrogens with one attached hydrogen (secondary N) is 3. The minimum absolute atomic E-state index is 0.275. The molecule has 0 radical (unpaired) electrons. The molecule has 1 amide bonds. The number of amides is 1. The number of para-hydroxylation sites is 1. The number of aromatic amines is 2. The van der Waals surface area contributed by atoms with Crippen molar-refractivity contribution in [2.24, 2.45) is 5.10 Å². The molecule has 8 heteroatoms. The van der Waals surface area contributed by atoms with Crippen molar-refractivity contribution < 1.29 is 4.79 Å². The van der Waals surface area contributed by atoms with Gasteiger partial charge in [0.15, 0.2) is 0 Å². The van der Waals surface area contributed by atoms with Crippen molar-refractivity contribution in [3.63, 3.8) is 0 Å². The molecule has 0 spiro atoms. The van der Waals surface area contributed by atoms with E-state index in [0.717, 1.165) is 16.5 Å². The number of rotatable bonds is 4. The highest BCUT2D eigenvalue weighted by molar-refractivity contribution is 6.35. The highest BCUT2D eigenvalue weighted by Crippen LogP contribution is 2.26. The fraction of sp³-hybridized carbons (Fsp3) is 0. The van der Waals surface area contributed by atoms with Crippen LogP contribution in [0.4, 0.5) is 0 Å². The van der Waals surface area contributed by atoms with E-state index >= 15 is 0 Å². The van der Waals surface area contributed by atoms with Gasteiger partial charge in [0.1, 0.15) is 5.69 Å². The molecule has 0 unspecified atom stereocenters. The minimum Gasteiger partial charge on any atom is -0.361 e. The molecule has 0 fully saturated rings. The lowest BCUT2D eigenvalue weighted by atomic mass is 10.1. The third-order valence-electron chi connectivity index (χ3n) is 3.97. The molecule has 27 heavy (non-hydrogen) atoms. The predicted octanol–water partition coefficient (Wildman–Crippen LogP) is 4.63. The van der Waals surface area contributed by atoms with Crippen LogP contribution >= 0.6 is 23.2 Å². The van der Waals surface area contributed by atoms with E-state index < -0.39 is 5.91 Å². The maximum absolute atomic E-state index is 12.3. The standard InChI is InChI=1S/C19H13Cl2N5O/c20-13-5-11(6-14(21)7-13)17-8-18(25-24-17)19(27)26-23-10-12-9-22-16-4-2-1-3-15(12)16/h1-10,22H,(H,24,25)(H,26,27). The van der Waals surface area contributed by atoms with Gasteiger partial charge in [-0.05, 0) is 30.3 Å². The first kappa shape index (κ1) is 17.3. The van der Waals surface area contributed by atoms with Crippen LogP contribution in [0.15, 0.2) is 59.8 Å². The van der Waals surface area contributed by atoms with Gasteiger partial charge in [0, 0.05) is 38.3 Å². The number of nitrogens with zero attached hydrogens (tertiary/aromatic N) is 2. The van der Waals surface area contributed by atoms with Gasteiger partial charge in [-0.1, -0.05) is 41.4 Å². The van der Waals surface area contributed by atoms with Gasteiger partial charge in [0.05, 0.1) is 11.9 Å². The van der Waals surface area contributed by atoms with E-state index in [-0.39, 0.29) is 5.69 Å². The summed E-state index contributed by atoms with van der Waals surface area (Å²) in [4.78, 5) is 15.4. The summed E-state index contributed by atoms with van der Waals surface area (Å²) < 4.78 is 0. The smallest absolute Gasteiger partial charge is 0.289 e. The van der Waals surface area contributed by atoms with Crippen LogP contribution in [0.5, 0.6) is 0 Å². The summed E-state index contributed by atoms with van der Waals surface area (Å²) >= 11 is 12.0. The molecule has 0 saturated carbocycles. The summed E-state index contributed by atoms with van der Waals surface area (Å²) in [5.41, 5.74) is 5.91. The molecule has 3 N–H and O–H groups in total. The van der Waals surface area contributed by atoms with Crippen molar-refractivity contribution in [3.05, 3.63) is 76.0 Å². The van der Waals surface area contributed by atoms with E-state index in [2.05, 4.69) is 25.7 Å². The lowest BCUT2D eigenvalue weighted by Gasteiger charge is -1.98.